The van der Waals surface area contributed by atoms with Gasteiger partial charge in [0, 0.05) is 37.7 Å². The van der Waals surface area contributed by atoms with E-state index in [1.165, 1.54) is 11.1 Å². The van der Waals surface area contributed by atoms with Crippen molar-refractivity contribution in [3.63, 3.8) is 0 Å². The summed E-state index contributed by atoms with van der Waals surface area (Å²) < 4.78 is 27.0. The third-order valence-electron chi connectivity index (χ3n) is 5.86. The van der Waals surface area contributed by atoms with Crippen molar-refractivity contribution < 1.29 is 14.0 Å². The summed E-state index contributed by atoms with van der Waals surface area (Å²) in [5.74, 6) is 0.948. The zero-order chi connectivity index (χ0) is 20.2. The molecule has 0 bridgehead atoms. The van der Waals surface area contributed by atoms with E-state index >= 15 is 0 Å². The fourth-order valence-electron chi connectivity index (χ4n) is 4.03. The van der Waals surface area contributed by atoms with Crippen molar-refractivity contribution in [1.29, 1.82) is 0 Å². The molecular weight excluding hydrogens is 386 g/mol. The predicted octanol–water partition coefficient (Wildman–Crippen LogP) is 3.15. The number of ether oxygens (including phenoxy) is 2. The van der Waals surface area contributed by atoms with Gasteiger partial charge in [-0.15, -0.1) is 0 Å². The molecule has 6 nitrogen and oxygen atoms in total. The fraction of sp³-hybridized carbons (Fsp3) is 0.500. The number of benzene rings is 1. The molecule has 156 valence electrons. The number of rotatable bonds is 6. The Kier molecular flexibility index (Phi) is 6.60. The number of nitrogens with zero attached hydrogens (tertiary/aromatic N) is 2. The summed E-state index contributed by atoms with van der Waals surface area (Å²) in [5, 5.41) is 0. The molecule has 29 heavy (non-hydrogen) atoms. The molecule has 0 amide bonds. The van der Waals surface area contributed by atoms with Crippen molar-refractivity contribution in [3.8, 4) is 5.88 Å². The normalized spacial score (nSPS) is 20.7. The molecule has 2 aliphatic rings. The van der Waals surface area contributed by atoms with Crippen LogP contribution < -0.4 is 9.46 Å². The van der Waals surface area contributed by atoms with Crippen molar-refractivity contribution >= 4 is 17.0 Å². The number of nitrogens with one attached hydrogen (secondary N) is 1. The standard InChI is InChI=1S/C22H29N3O3S/c1-3-25-11-8-17-14-21(22(27-2)23-20(17)9-12-25)24-29(26)19-6-4-16(5-7-19)18-10-13-28-15-18/h4-7,14,18,24H,3,8-13,15H2,1-2H3. The molecular formula is C22H29N3O3S. The van der Waals surface area contributed by atoms with Gasteiger partial charge in [0.05, 0.1) is 13.7 Å². The highest BCUT2D eigenvalue weighted by atomic mass is 32.2. The van der Waals surface area contributed by atoms with E-state index in [2.05, 4.69) is 34.7 Å². The summed E-state index contributed by atoms with van der Waals surface area (Å²) in [5.41, 5.74) is 4.21. The second kappa shape index (κ2) is 9.34. The van der Waals surface area contributed by atoms with Gasteiger partial charge in [0.2, 0.25) is 5.88 Å². The lowest BCUT2D eigenvalue weighted by molar-refractivity contribution is 0.194. The topological polar surface area (TPSA) is 69.7 Å². The monoisotopic (exact) mass is 415 g/mol. The van der Waals surface area contributed by atoms with Crippen molar-refractivity contribution in [2.75, 3.05) is 44.7 Å². The van der Waals surface area contributed by atoms with Gasteiger partial charge in [0.25, 0.3) is 0 Å². The third kappa shape index (κ3) is 4.69. The largest absolute Gasteiger partial charge is 0.588 e. The highest BCUT2D eigenvalue weighted by molar-refractivity contribution is 7.92. The first kappa shape index (κ1) is 20.5. The van der Waals surface area contributed by atoms with Gasteiger partial charge in [-0.05, 0) is 48.7 Å². The number of fused-ring (bicyclic) bond motifs is 1. The van der Waals surface area contributed by atoms with Gasteiger partial charge < -0.3 is 18.9 Å². The summed E-state index contributed by atoms with van der Waals surface area (Å²) in [6.45, 7) is 6.85. The Labute approximate surface area is 175 Å². The Balaban J connectivity index is 1.50. The summed E-state index contributed by atoms with van der Waals surface area (Å²) in [4.78, 5) is 7.88. The van der Waals surface area contributed by atoms with Crippen molar-refractivity contribution in [2.24, 2.45) is 0 Å². The van der Waals surface area contributed by atoms with Crippen LogP contribution in [0.4, 0.5) is 5.69 Å². The SMILES string of the molecule is CCN1CCc2cc(N[S+]([O-])c3ccc(C4CCOC4)cc3)c(OC)nc2CC1. The Hall–Kier alpha value is -1.80. The summed E-state index contributed by atoms with van der Waals surface area (Å²) >= 11 is -1.38. The molecule has 1 fully saturated rings. The van der Waals surface area contributed by atoms with Crippen LogP contribution in [0.25, 0.3) is 0 Å². The Bertz CT molecular complexity index is 825. The average Bonchev–Trinajstić information content (AvgIpc) is 3.22. The molecule has 1 N–H and O–H groups in total. The molecule has 2 unspecified atom stereocenters. The first-order valence-corrected chi connectivity index (χ1v) is 11.5. The molecule has 1 saturated heterocycles. The van der Waals surface area contributed by atoms with E-state index in [1.807, 2.05) is 12.1 Å². The number of hydrogen-bond acceptors (Lipinski definition) is 6. The van der Waals surface area contributed by atoms with Gasteiger partial charge in [-0.3, -0.25) is 0 Å². The fourth-order valence-corrected chi connectivity index (χ4v) is 4.87. The molecule has 7 heteroatoms. The summed E-state index contributed by atoms with van der Waals surface area (Å²) in [6, 6.07) is 10.0. The van der Waals surface area contributed by atoms with Gasteiger partial charge in [-0.2, -0.15) is 4.72 Å². The van der Waals surface area contributed by atoms with Crippen LogP contribution in [0, 0.1) is 0 Å². The van der Waals surface area contributed by atoms with Crippen LogP contribution in [0.3, 0.4) is 0 Å². The summed E-state index contributed by atoms with van der Waals surface area (Å²) in [7, 11) is 1.61. The number of hydrogen-bond donors (Lipinski definition) is 1. The molecule has 4 rings (SSSR count). The molecule has 0 saturated carbocycles. The second-order valence-corrected chi connectivity index (χ2v) is 8.80. The van der Waals surface area contributed by atoms with Crippen molar-refractivity contribution in [3.05, 3.63) is 47.2 Å². The molecule has 2 aromatic rings. The van der Waals surface area contributed by atoms with Crippen LogP contribution >= 0.6 is 0 Å². The zero-order valence-electron chi connectivity index (χ0n) is 17.1. The molecule has 0 spiro atoms. The van der Waals surface area contributed by atoms with Crippen LogP contribution in [0.15, 0.2) is 35.2 Å². The molecule has 0 aliphatic carbocycles. The Morgan fingerprint density at radius 2 is 2.07 bits per heavy atom. The number of likely N-dealkylation sites (N-methyl/N-ethyl adjacent to an activating group) is 1. The van der Waals surface area contributed by atoms with Crippen molar-refractivity contribution in [1.82, 2.24) is 9.88 Å². The van der Waals surface area contributed by atoms with Crippen LogP contribution in [0.5, 0.6) is 5.88 Å². The molecule has 2 atom stereocenters. The smallest absolute Gasteiger partial charge is 0.241 e. The van der Waals surface area contributed by atoms with E-state index in [0.29, 0.717) is 17.5 Å². The number of pyridine rings is 1. The first-order valence-electron chi connectivity index (χ1n) is 10.3. The zero-order valence-corrected chi connectivity index (χ0v) is 18.0. The summed E-state index contributed by atoms with van der Waals surface area (Å²) in [6.07, 6.45) is 2.91. The van der Waals surface area contributed by atoms with Crippen LogP contribution in [0.2, 0.25) is 0 Å². The van der Waals surface area contributed by atoms with E-state index < -0.39 is 11.4 Å². The number of anilines is 1. The van der Waals surface area contributed by atoms with Gasteiger partial charge >= 0.3 is 0 Å². The van der Waals surface area contributed by atoms with Gasteiger partial charge in [0.15, 0.2) is 4.90 Å². The first-order chi connectivity index (χ1) is 14.2. The minimum atomic E-state index is -1.38. The van der Waals surface area contributed by atoms with Crippen molar-refractivity contribution in [2.45, 2.75) is 37.0 Å². The quantitative estimate of drug-likeness (QED) is 0.731. The maximum Gasteiger partial charge on any atom is 0.241 e. The Morgan fingerprint density at radius 3 is 2.76 bits per heavy atom. The Morgan fingerprint density at radius 1 is 1.28 bits per heavy atom. The van der Waals surface area contributed by atoms with E-state index in [1.54, 1.807) is 7.11 Å². The maximum absolute atomic E-state index is 12.9. The van der Waals surface area contributed by atoms with Gasteiger partial charge in [-0.25, -0.2) is 4.98 Å². The van der Waals surface area contributed by atoms with Crippen LogP contribution in [-0.4, -0.2) is 54.4 Å². The number of aromatic nitrogens is 1. The molecule has 1 aromatic carbocycles. The van der Waals surface area contributed by atoms with Gasteiger partial charge in [0.1, 0.15) is 17.0 Å². The van der Waals surface area contributed by atoms with Gasteiger partial charge in [-0.1, -0.05) is 19.1 Å². The number of methoxy groups -OCH3 is 1. The lowest BCUT2D eigenvalue weighted by atomic mass is 9.99. The lowest BCUT2D eigenvalue weighted by Crippen LogP contribution is -2.25. The average molecular weight is 416 g/mol. The van der Waals surface area contributed by atoms with E-state index in [9.17, 15) is 4.55 Å². The molecule has 0 radical (unpaired) electrons. The minimum absolute atomic E-state index is 0.446. The lowest BCUT2D eigenvalue weighted by Gasteiger charge is -2.16. The second-order valence-electron chi connectivity index (χ2n) is 7.59. The highest BCUT2D eigenvalue weighted by Crippen LogP contribution is 2.30. The molecule has 3 heterocycles. The maximum atomic E-state index is 12.9. The van der Waals surface area contributed by atoms with E-state index in [0.717, 1.165) is 62.7 Å². The highest BCUT2D eigenvalue weighted by Gasteiger charge is 2.22. The van der Waals surface area contributed by atoms with Crippen LogP contribution in [0.1, 0.15) is 36.1 Å². The third-order valence-corrected chi connectivity index (χ3v) is 6.96. The predicted molar refractivity (Wildman–Crippen MR) is 115 cm³/mol. The van der Waals surface area contributed by atoms with E-state index in [-0.39, 0.29) is 0 Å². The minimum Gasteiger partial charge on any atom is -0.588 e. The van der Waals surface area contributed by atoms with Crippen LogP contribution in [-0.2, 0) is 28.9 Å². The molecule has 2 aliphatic heterocycles. The van der Waals surface area contributed by atoms with E-state index in [4.69, 9.17) is 14.5 Å². The molecule has 1 aromatic heterocycles.